The van der Waals surface area contributed by atoms with Crippen LogP contribution in [0.15, 0.2) is 24.3 Å². The number of amides is 1. The Kier molecular flexibility index (Phi) is 3.33. The molecule has 2 N–H and O–H groups in total. The summed E-state index contributed by atoms with van der Waals surface area (Å²) >= 11 is 0. The maximum atomic E-state index is 11.2. The van der Waals surface area contributed by atoms with Gasteiger partial charge in [-0.2, -0.15) is 0 Å². The Bertz CT molecular complexity index is 444. The minimum atomic E-state index is 0.177. The van der Waals surface area contributed by atoms with E-state index in [-0.39, 0.29) is 5.91 Å². The molecule has 1 aromatic rings. The van der Waals surface area contributed by atoms with Crippen LogP contribution in [-0.4, -0.2) is 25.0 Å². The molecule has 2 atom stereocenters. The van der Waals surface area contributed by atoms with Crippen LogP contribution >= 0.6 is 0 Å². The molecular weight excluding hydrogens is 224 g/mol. The molecule has 96 valence electrons. The number of carbonyl (C=O) groups is 1. The molecule has 0 radical (unpaired) electrons. The smallest absolute Gasteiger partial charge is 0.221 e. The first kappa shape index (κ1) is 11.7. The molecule has 0 aromatic heterocycles. The number of fused-ring (bicyclic) bond motifs is 1. The van der Waals surface area contributed by atoms with E-state index in [1.165, 1.54) is 30.4 Å². The fourth-order valence-corrected chi connectivity index (χ4v) is 3.12. The Morgan fingerprint density at radius 2 is 2.22 bits per heavy atom. The van der Waals surface area contributed by atoms with Crippen LogP contribution < -0.4 is 10.6 Å². The van der Waals surface area contributed by atoms with E-state index in [9.17, 15) is 4.79 Å². The van der Waals surface area contributed by atoms with Crippen LogP contribution in [0, 0.1) is 0 Å². The molecule has 0 saturated carbocycles. The summed E-state index contributed by atoms with van der Waals surface area (Å²) < 4.78 is 0. The van der Waals surface area contributed by atoms with Crippen molar-refractivity contribution in [3.8, 4) is 0 Å². The predicted octanol–water partition coefficient (Wildman–Crippen LogP) is 1.58. The van der Waals surface area contributed by atoms with Crippen molar-refractivity contribution in [1.82, 2.24) is 10.6 Å². The average molecular weight is 244 g/mol. The topological polar surface area (TPSA) is 41.1 Å². The molecule has 1 aromatic carbocycles. The van der Waals surface area contributed by atoms with Gasteiger partial charge in [0.15, 0.2) is 0 Å². The van der Waals surface area contributed by atoms with Crippen molar-refractivity contribution in [2.45, 2.75) is 37.6 Å². The zero-order chi connectivity index (χ0) is 12.4. The number of rotatable bonds is 3. The van der Waals surface area contributed by atoms with Crippen molar-refractivity contribution in [3.05, 3.63) is 35.4 Å². The Morgan fingerprint density at radius 3 is 3.06 bits per heavy atom. The lowest BCUT2D eigenvalue weighted by Gasteiger charge is -2.26. The van der Waals surface area contributed by atoms with Crippen LogP contribution in [0.4, 0.5) is 0 Å². The monoisotopic (exact) mass is 244 g/mol. The van der Waals surface area contributed by atoms with Crippen LogP contribution in [0.2, 0.25) is 0 Å². The lowest BCUT2D eigenvalue weighted by molar-refractivity contribution is -0.119. The molecule has 1 aliphatic heterocycles. The lowest BCUT2D eigenvalue weighted by atomic mass is 9.83. The minimum absolute atomic E-state index is 0.177. The van der Waals surface area contributed by atoms with E-state index in [4.69, 9.17) is 0 Å². The normalized spacial score (nSPS) is 26.8. The van der Waals surface area contributed by atoms with E-state index < -0.39 is 0 Å². The number of aryl methyl sites for hydroxylation is 1. The van der Waals surface area contributed by atoms with Crippen molar-refractivity contribution in [3.63, 3.8) is 0 Å². The van der Waals surface area contributed by atoms with Gasteiger partial charge in [0.2, 0.25) is 5.91 Å². The van der Waals surface area contributed by atoms with Crippen LogP contribution in [0.3, 0.4) is 0 Å². The van der Waals surface area contributed by atoms with E-state index in [2.05, 4.69) is 34.9 Å². The lowest BCUT2D eigenvalue weighted by Crippen LogP contribution is -2.35. The van der Waals surface area contributed by atoms with Gasteiger partial charge in [0, 0.05) is 25.6 Å². The molecule has 3 nitrogen and oxygen atoms in total. The van der Waals surface area contributed by atoms with Crippen LogP contribution in [0.5, 0.6) is 0 Å². The zero-order valence-electron chi connectivity index (χ0n) is 10.6. The Morgan fingerprint density at radius 1 is 1.33 bits per heavy atom. The Balaban J connectivity index is 1.62. The van der Waals surface area contributed by atoms with Gasteiger partial charge in [-0.25, -0.2) is 0 Å². The standard InChI is InChI=1S/C15H20N2O/c18-15-8-13(10-17-15)16-9-12-6-3-5-11-4-1-2-7-14(11)12/h1-2,4,7,12-13,16H,3,5-6,8-10H2,(H,17,18). The van der Waals surface area contributed by atoms with E-state index in [0.29, 0.717) is 18.4 Å². The molecule has 1 fully saturated rings. The average Bonchev–Trinajstić information content (AvgIpc) is 2.82. The molecule has 1 amide bonds. The third-order valence-electron chi connectivity index (χ3n) is 4.12. The van der Waals surface area contributed by atoms with Gasteiger partial charge in [-0.3, -0.25) is 4.79 Å². The second kappa shape index (κ2) is 5.11. The fraction of sp³-hybridized carbons (Fsp3) is 0.533. The number of hydrogen-bond acceptors (Lipinski definition) is 2. The molecule has 0 bridgehead atoms. The molecule has 18 heavy (non-hydrogen) atoms. The van der Waals surface area contributed by atoms with Gasteiger partial charge in [0.05, 0.1) is 0 Å². The summed E-state index contributed by atoms with van der Waals surface area (Å²) in [7, 11) is 0. The predicted molar refractivity (Wildman–Crippen MR) is 71.5 cm³/mol. The first-order valence-corrected chi connectivity index (χ1v) is 6.91. The molecule has 3 heteroatoms. The Labute approximate surface area is 108 Å². The summed E-state index contributed by atoms with van der Waals surface area (Å²) in [6.07, 6.45) is 4.40. The van der Waals surface area contributed by atoms with Crippen molar-refractivity contribution >= 4 is 5.91 Å². The molecule has 2 aliphatic rings. The van der Waals surface area contributed by atoms with Crippen LogP contribution in [0.25, 0.3) is 0 Å². The van der Waals surface area contributed by atoms with Crippen LogP contribution in [-0.2, 0) is 11.2 Å². The molecule has 0 spiro atoms. The molecule has 3 rings (SSSR count). The molecule has 1 heterocycles. The van der Waals surface area contributed by atoms with Gasteiger partial charge >= 0.3 is 0 Å². The van der Waals surface area contributed by atoms with Crippen LogP contribution in [0.1, 0.15) is 36.3 Å². The third kappa shape index (κ3) is 2.41. The highest BCUT2D eigenvalue weighted by Crippen LogP contribution is 2.30. The quantitative estimate of drug-likeness (QED) is 0.847. The first-order valence-electron chi connectivity index (χ1n) is 6.91. The van der Waals surface area contributed by atoms with E-state index in [0.717, 1.165) is 13.1 Å². The van der Waals surface area contributed by atoms with Crippen molar-refractivity contribution in [2.75, 3.05) is 13.1 Å². The molecule has 2 unspecified atom stereocenters. The van der Waals surface area contributed by atoms with E-state index in [1.807, 2.05) is 0 Å². The van der Waals surface area contributed by atoms with Crippen molar-refractivity contribution < 1.29 is 4.79 Å². The number of nitrogens with one attached hydrogen (secondary N) is 2. The molecule has 1 saturated heterocycles. The van der Waals surface area contributed by atoms with E-state index >= 15 is 0 Å². The van der Waals surface area contributed by atoms with E-state index in [1.54, 1.807) is 0 Å². The van der Waals surface area contributed by atoms with Gasteiger partial charge in [-0.05, 0) is 36.3 Å². The summed E-state index contributed by atoms with van der Waals surface area (Å²) in [5, 5.41) is 6.41. The number of hydrogen-bond donors (Lipinski definition) is 2. The second-order valence-corrected chi connectivity index (χ2v) is 5.40. The summed E-state index contributed by atoms with van der Waals surface area (Å²) in [5.74, 6) is 0.794. The second-order valence-electron chi connectivity index (χ2n) is 5.40. The largest absolute Gasteiger partial charge is 0.354 e. The van der Waals surface area contributed by atoms with Gasteiger partial charge < -0.3 is 10.6 Å². The summed E-state index contributed by atoms with van der Waals surface area (Å²) in [4.78, 5) is 11.2. The maximum Gasteiger partial charge on any atom is 0.221 e. The summed E-state index contributed by atoms with van der Waals surface area (Å²) in [5.41, 5.74) is 3.02. The summed E-state index contributed by atoms with van der Waals surface area (Å²) in [6.45, 7) is 1.78. The SMILES string of the molecule is O=C1CC(NCC2CCCc3ccccc32)CN1. The van der Waals surface area contributed by atoms with Crippen molar-refractivity contribution in [1.29, 1.82) is 0 Å². The summed E-state index contributed by atoms with van der Waals surface area (Å²) in [6, 6.07) is 9.11. The zero-order valence-corrected chi connectivity index (χ0v) is 10.6. The fourth-order valence-electron chi connectivity index (χ4n) is 3.12. The first-order chi connectivity index (χ1) is 8.83. The van der Waals surface area contributed by atoms with Gasteiger partial charge in [0.25, 0.3) is 0 Å². The number of benzene rings is 1. The molecule has 1 aliphatic carbocycles. The van der Waals surface area contributed by atoms with Crippen molar-refractivity contribution in [2.24, 2.45) is 0 Å². The maximum absolute atomic E-state index is 11.2. The van der Waals surface area contributed by atoms with Gasteiger partial charge in [-0.15, -0.1) is 0 Å². The highest BCUT2D eigenvalue weighted by molar-refractivity contribution is 5.78. The minimum Gasteiger partial charge on any atom is -0.354 e. The van der Waals surface area contributed by atoms with Gasteiger partial charge in [0.1, 0.15) is 0 Å². The highest BCUT2D eigenvalue weighted by Gasteiger charge is 2.24. The highest BCUT2D eigenvalue weighted by atomic mass is 16.1. The van der Waals surface area contributed by atoms with Gasteiger partial charge in [-0.1, -0.05) is 24.3 Å². The Hall–Kier alpha value is -1.35. The number of carbonyl (C=O) groups excluding carboxylic acids is 1. The molecular formula is C15H20N2O. The third-order valence-corrected chi connectivity index (χ3v) is 4.12.